The van der Waals surface area contributed by atoms with Gasteiger partial charge in [0.25, 0.3) is 0 Å². The Morgan fingerprint density at radius 3 is 2.27 bits per heavy atom. The molecular formula is C20H20F3NO6. The number of Topliss-reactive ketones (excluding diaryl/α,β-unsaturated/α-hetero) is 3. The summed E-state index contributed by atoms with van der Waals surface area (Å²) < 4.78 is 54.9. The first-order valence-electron chi connectivity index (χ1n) is 9.10. The van der Waals surface area contributed by atoms with Gasteiger partial charge in [-0.05, 0) is 38.1 Å². The topological polar surface area (TPSA) is 91.8 Å². The summed E-state index contributed by atoms with van der Waals surface area (Å²) in [6.07, 6.45) is -1.91. The molecule has 0 amide bonds. The molecule has 1 fully saturated rings. The first kappa shape index (κ1) is 22.3. The third-order valence-electron chi connectivity index (χ3n) is 5.11. The third-order valence-corrected chi connectivity index (χ3v) is 5.11. The number of hydrogen-bond acceptors (Lipinski definition) is 7. The van der Waals surface area contributed by atoms with Crippen LogP contribution < -0.4 is 0 Å². The summed E-state index contributed by atoms with van der Waals surface area (Å²) in [6, 6.07) is 1.56. The molecule has 2 unspecified atom stereocenters. The van der Waals surface area contributed by atoms with Crippen LogP contribution in [0.5, 0.6) is 0 Å². The number of carbonyl (C=O) groups excluding carboxylic acids is 3. The minimum Gasteiger partial charge on any atom is -0.382 e. The van der Waals surface area contributed by atoms with E-state index in [1.807, 2.05) is 0 Å². The Kier molecular flexibility index (Phi) is 5.70. The lowest BCUT2D eigenvalue weighted by Crippen LogP contribution is -2.58. The first-order valence-corrected chi connectivity index (χ1v) is 9.10. The Hall–Kier alpha value is -2.43. The van der Waals surface area contributed by atoms with Crippen molar-refractivity contribution in [1.82, 2.24) is 4.98 Å². The molecule has 0 N–H and O–H groups in total. The van der Waals surface area contributed by atoms with Gasteiger partial charge in [-0.25, -0.2) is 4.98 Å². The summed E-state index contributed by atoms with van der Waals surface area (Å²) in [4.78, 5) is 42.4. The van der Waals surface area contributed by atoms with E-state index in [0.29, 0.717) is 6.07 Å². The largest absolute Gasteiger partial charge is 0.433 e. The molecule has 1 aromatic heterocycles. The Morgan fingerprint density at radius 1 is 1.13 bits per heavy atom. The molecule has 3 rings (SSSR count). The number of nitrogens with zero attached hydrogens (tertiary/aromatic N) is 1. The molecule has 0 spiro atoms. The molecule has 30 heavy (non-hydrogen) atoms. The molecule has 1 saturated heterocycles. The van der Waals surface area contributed by atoms with Crippen LogP contribution in [0, 0.1) is 5.92 Å². The van der Waals surface area contributed by atoms with Crippen LogP contribution in [0.1, 0.15) is 35.6 Å². The van der Waals surface area contributed by atoms with E-state index in [0.717, 1.165) is 6.07 Å². The monoisotopic (exact) mass is 427 g/mol. The Morgan fingerprint density at radius 2 is 1.73 bits per heavy atom. The van der Waals surface area contributed by atoms with Crippen molar-refractivity contribution >= 4 is 17.3 Å². The summed E-state index contributed by atoms with van der Waals surface area (Å²) in [5.74, 6) is -4.18. The zero-order chi connectivity index (χ0) is 22.3. The van der Waals surface area contributed by atoms with Gasteiger partial charge in [0.05, 0.1) is 25.5 Å². The lowest BCUT2D eigenvalue weighted by molar-refractivity contribution is -0.171. The van der Waals surface area contributed by atoms with Gasteiger partial charge in [0.2, 0.25) is 0 Å². The number of methoxy groups -OCH3 is 1. The highest BCUT2D eigenvalue weighted by Gasteiger charge is 2.60. The molecule has 1 aromatic rings. The molecule has 0 radical (unpaired) electrons. The summed E-state index contributed by atoms with van der Waals surface area (Å²) >= 11 is 0. The zero-order valence-electron chi connectivity index (χ0n) is 16.5. The maximum Gasteiger partial charge on any atom is 0.433 e. The number of alkyl halides is 3. The van der Waals surface area contributed by atoms with Gasteiger partial charge in [-0.3, -0.25) is 14.4 Å². The van der Waals surface area contributed by atoms with Crippen molar-refractivity contribution in [3.8, 4) is 0 Å². The SMILES string of the molecule is COCCOCc1nc(C(F)(F)F)ccc1C(=O)C1C(=O)C2(C)C=CC(C)(O2)C1=O. The highest BCUT2D eigenvalue weighted by molar-refractivity contribution is 6.30. The lowest BCUT2D eigenvalue weighted by atomic mass is 9.77. The van der Waals surface area contributed by atoms with Crippen molar-refractivity contribution in [2.24, 2.45) is 5.92 Å². The quantitative estimate of drug-likeness (QED) is 0.285. The van der Waals surface area contributed by atoms with E-state index in [-0.39, 0.29) is 24.5 Å². The van der Waals surface area contributed by atoms with Crippen molar-refractivity contribution in [3.05, 3.63) is 41.2 Å². The average Bonchev–Trinajstić information content (AvgIpc) is 2.98. The van der Waals surface area contributed by atoms with Crippen molar-refractivity contribution in [1.29, 1.82) is 0 Å². The molecular weight excluding hydrogens is 407 g/mol. The molecule has 2 atom stereocenters. The fraction of sp³-hybridized carbons (Fsp3) is 0.500. The number of ketones is 3. The minimum absolute atomic E-state index is 0.0528. The van der Waals surface area contributed by atoms with E-state index in [1.54, 1.807) is 0 Å². The number of ether oxygens (including phenoxy) is 3. The molecule has 2 bridgehead atoms. The number of carbonyl (C=O) groups is 3. The Labute approximate surface area is 170 Å². The van der Waals surface area contributed by atoms with Gasteiger partial charge in [-0.2, -0.15) is 13.2 Å². The van der Waals surface area contributed by atoms with Gasteiger partial charge in [0.15, 0.2) is 17.3 Å². The fourth-order valence-corrected chi connectivity index (χ4v) is 3.48. The minimum atomic E-state index is -4.74. The van der Waals surface area contributed by atoms with E-state index >= 15 is 0 Å². The zero-order valence-corrected chi connectivity index (χ0v) is 16.5. The second kappa shape index (κ2) is 7.68. The second-order valence-electron chi connectivity index (χ2n) is 7.41. The van der Waals surface area contributed by atoms with Crippen LogP contribution in [0.15, 0.2) is 24.3 Å². The first-order chi connectivity index (χ1) is 13.9. The highest BCUT2D eigenvalue weighted by atomic mass is 19.4. The van der Waals surface area contributed by atoms with Gasteiger partial charge in [-0.1, -0.05) is 0 Å². The molecule has 162 valence electrons. The smallest absolute Gasteiger partial charge is 0.382 e. The maximum absolute atomic E-state index is 13.2. The molecule has 2 aliphatic rings. The van der Waals surface area contributed by atoms with E-state index in [1.165, 1.54) is 33.1 Å². The molecule has 3 heterocycles. The fourth-order valence-electron chi connectivity index (χ4n) is 3.48. The predicted octanol–water partition coefficient (Wildman–Crippen LogP) is 2.32. The summed E-state index contributed by atoms with van der Waals surface area (Å²) in [5, 5.41) is 0. The molecule has 0 saturated carbocycles. The van der Waals surface area contributed by atoms with Crippen molar-refractivity contribution in [3.63, 3.8) is 0 Å². The van der Waals surface area contributed by atoms with E-state index in [9.17, 15) is 27.6 Å². The number of aromatic nitrogens is 1. The summed E-state index contributed by atoms with van der Waals surface area (Å²) in [7, 11) is 1.42. The summed E-state index contributed by atoms with van der Waals surface area (Å²) in [5.41, 5.74) is -4.72. The van der Waals surface area contributed by atoms with Crippen LogP contribution in [0.25, 0.3) is 0 Å². The number of halogens is 3. The number of hydrogen-bond donors (Lipinski definition) is 0. The lowest BCUT2D eigenvalue weighted by Gasteiger charge is -2.37. The molecule has 0 aliphatic carbocycles. The van der Waals surface area contributed by atoms with E-state index in [4.69, 9.17) is 14.2 Å². The molecule has 0 aromatic carbocycles. The van der Waals surface area contributed by atoms with E-state index in [2.05, 4.69) is 4.98 Å². The maximum atomic E-state index is 13.2. The van der Waals surface area contributed by atoms with Gasteiger partial charge >= 0.3 is 6.18 Å². The normalized spacial score (nSPS) is 28.3. The predicted molar refractivity (Wildman–Crippen MR) is 95.6 cm³/mol. The highest BCUT2D eigenvalue weighted by Crippen LogP contribution is 2.42. The summed E-state index contributed by atoms with van der Waals surface area (Å²) in [6.45, 7) is 2.68. The van der Waals surface area contributed by atoms with Crippen molar-refractivity contribution < 1.29 is 41.8 Å². The van der Waals surface area contributed by atoms with Crippen molar-refractivity contribution in [2.75, 3.05) is 20.3 Å². The average molecular weight is 427 g/mol. The van der Waals surface area contributed by atoms with Gasteiger partial charge < -0.3 is 14.2 Å². The third kappa shape index (κ3) is 3.82. The van der Waals surface area contributed by atoms with Crippen LogP contribution >= 0.6 is 0 Å². The van der Waals surface area contributed by atoms with Crippen LogP contribution in [-0.4, -0.2) is 53.9 Å². The van der Waals surface area contributed by atoms with Crippen LogP contribution in [-0.2, 0) is 36.6 Å². The van der Waals surface area contributed by atoms with Crippen molar-refractivity contribution in [2.45, 2.75) is 37.8 Å². The van der Waals surface area contributed by atoms with Gasteiger partial charge in [0, 0.05) is 12.7 Å². The Bertz CT molecular complexity index is 898. The van der Waals surface area contributed by atoms with Gasteiger partial charge in [-0.15, -0.1) is 0 Å². The van der Waals surface area contributed by atoms with E-state index < -0.39 is 52.9 Å². The second-order valence-corrected chi connectivity index (χ2v) is 7.41. The number of fused-ring (bicyclic) bond motifs is 2. The van der Waals surface area contributed by atoms with Crippen LogP contribution in [0.4, 0.5) is 13.2 Å². The number of rotatable bonds is 7. The number of pyridine rings is 1. The van der Waals surface area contributed by atoms with Crippen LogP contribution in [0.3, 0.4) is 0 Å². The van der Waals surface area contributed by atoms with Gasteiger partial charge in [0.1, 0.15) is 22.8 Å². The molecule has 7 nitrogen and oxygen atoms in total. The van der Waals surface area contributed by atoms with Crippen LogP contribution in [0.2, 0.25) is 0 Å². The Balaban J connectivity index is 1.98. The standard InChI is InChI=1S/C20H20F3NO6/c1-18-6-7-19(2,30-18)17(27)14(16(18)26)15(25)11-4-5-13(20(21,22)23)24-12(11)10-29-9-8-28-3/h4-7,14H,8-10H2,1-3H3. The molecule has 2 aliphatic heterocycles. The molecule has 10 heteroatoms.